The molecule has 1 unspecified atom stereocenters. The number of aryl methyl sites for hydroxylation is 1. The molecule has 1 atom stereocenters. The molecule has 0 amide bonds. The van der Waals surface area contributed by atoms with Crippen LogP contribution in [-0.4, -0.2) is 0 Å². The summed E-state index contributed by atoms with van der Waals surface area (Å²) in [5, 5.41) is 2.53. The molecule has 1 heterocycles. The van der Waals surface area contributed by atoms with Crippen molar-refractivity contribution >= 4 is 10.8 Å². The lowest BCUT2D eigenvalue weighted by molar-refractivity contribution is 0.505. The summed E-state index contributed by atoms with van der Waals surface area (Å²) in [7, 11) is 0. The molecule has 1 aromatic heterocycles. The zero-order valence-electron chi connectivity index (χ0n) is 11.7. The minimum absolute atomic E-state index is 0.00939. The molecule has 0 radical (unpaired) electrons. The number of furan rings is 1. The Hall–Kier alpha value is -2.06. The average Bonchev–Trinajstić information content (AvgIpc) is 2.95. The standard InChI is InChI=1S/C18H19NO/c1-2-18-16(9-10-20-18)17(19)12-13-7-8-14-5-3-4-6-15(14)11-13/h3-11,17H,2,12,19H2,1H3. The lowest BCUT2D eigenvalue weighted by atomic mass is 9.97. The summed E-state index contributed by atoms with van der Waals surface area (Å²) in [5.74, 6) is 0.998. The van der Waals surface area contributed by atoms with Gasteiger partial charge in [-0.2, -0.15) is 0 Å². The van der Waals surface area contributed by atoms with Crippen LogP contribution in [0.3, 0.4) is 0 Å². The maximum absolute atomic E-state index is 6.33. The lowest BCUT2D eigenvalue weighted by Gasteiger charge is -2.12. The third-order valence-electron chi connectivity index (χ3n) is 3.77. The highest BCUT2D eigenvalue weighted by Crippen LogP contribution is 2.23. The van der Waals surface area contributed by atoms with Crippen molar-refractivity contribution in [2.75, 3.05) is 0 Å². The number of benzene rings is 2. The first kappa shape index (κ1) is 12.9. The number of nitrogens with two attached hydrogens (primary N) is 1. The van der Waals surface area contributed by atoms with Gasteiger partial charge in [0.1, 0.15) is 5.76 Å². The highest BCUT2D eigenvalue weighted by molar-refractivity contribution is 5.83. The summed E-state index contributed by atoms with van der Waals surface area (Å²) in [6, 6.07) is 16.9. The van der Waals surface area contributed by atoms with E-state index in [0.717, 1.165) is 24.2 Å². The minimum Gasteiger partial charge on any atom is -0.469 e. The van der Waals surface area contributed by atoms with Crippen LogP contribution in [0.5, 0.6) is 0 Å². The molecule has 0 saturated heterocycles. The molecular formula is C18H19NO. The topological polar surface area (TPSA) is 39.2 Å². The fraction of sp³-hybridized carbons (Fsp3) is 0.222. The van der Waals surface area contributed by atoms with Crippen molar-refractivity contribution in [2.45, 2.75) is 25.8 Å². The fourth-order valence-electron chi connectivity index (χ4n) is 2.70. The molecule has 0 aliphatic carbocycles. The SMILES string of the molecule is CCc1occc1C(N)Cc1ccc2ccccc2c1. The first-order chi connectivity index (χ1) is 9.78. The van der Waals surface area contributed by atoms with Crippen LogP contribution in [0.1, 0.15) is 29.9 Å². The Morgan fingerprint density at radius 3 is 2.65 bits per heavy atom. The van der Waals surface area contributed by atoms with Gasteiger partial charge in [-0.05, 0) is 28.8 Å². The summed E-state index contributed by atoms with van der Waals surface area (Å²) < 4.78 is 5.46. The van der Waals surface area contributed by atoms with Crippen molar-refractivity contribution < 1.29 is 4.42 Å². The molecular weight excluding hydrogens is 246 g/mol. The van der Waals surface area contributed by atoms with Crippen molar-refractivity contribution in [3.8, 4) is 0 Å². The van der Waals surface area contributed by atoms with Gasteiger partial charge >= 0.3 is 0 Å². The Balaban J connectivity index is 1.85. The van der Waals surface area contributed by atoms with Crippen molar-refractivity contribution in [2.24, 2.45) is 5.73 Å². The normalized spacial score (nSPS) is 12.7. The molecule has 0 spiro atoms. The van der Waals surface area contributed by atoms with Crippen LogP contribution in [0.2, 0.25) is 0 Å². The van der Waals surface area contributed by atoms with Crippen molar-refractivity contribution in [3.05, 3.63) is 71.7 Å². The second kappa shape index (κ2) is 5.51. The van der Waals surface area contributed by atoms with Gasteiger partial charge in [0.25, 0.3) is 0 Å². The lowest BCUT2D eigenvalue weighted by Crippen LogP contribution is -2.14. The van der Waals surface area contributed by atoms with E-state index in [1.54, 1.807) is 6.26 Å². The van der Waals surface area contributed by atoms with E-state index in [2.05, 4.69) is 49.4 Å². The van der Waals surface area contributed by atoms with Gasteiger partial charge < -0.3 is 10.2 Å². The van der Waals surface area contributed by atoms with Crippen molar-refractivity contribution in [3.63, 3.8) is 0 Å². The van der Waals surface area contributed by atoms with Crippen molar-refractivity contribution in [1.82, 2.24) is 0 Å². The average molecular weight is 265 g/mol. The smallest absolute Gasteiger partial charge is 0.108 e. The maximum atomic E-state index is 6.33. The first-order valence-corrected chi connectivity index (χ1v) is 7.07. The Bertz CT molecular complexity index is 714. The van der Waals surface area contributed by atoms with E-state index in [-0.39, 0.29) is 6.04 Å². The van der Waals surface area contributed by atoms with Crippen LogP contribution in [0.4, 0.5) is 0 Å². The van der Waals surface area contributed by atoms with Crippen LogP contribution in [-0.2, 0) is 12.8 Å². The fourth-order valence-corrected chi connectivity index (χ4v) is 2.70. The van der Waals surface area contributed by atoms with E-state index in [0.29, 0.717) is 0 Å². The molecule has 20 heavy (non-hydrogen) atoms. The van der Waals surface area contributed by atoms with E-state index in [9.17, 15) is 0 Å². The summed E-state index contributed by atoms with van der Waals surface area (Å²) in [6.45, 7) is 2.09. The predicted molar refractivity (Wildman–Crippen MR) is 82.7 cm³/mol. The third kappa shape index (κ3) is 2.47. The molecule has 0 aliphatic rings. The predicted octanol–water partition coefficient (Wildman–Crippen LogP) is 4.24. The van der Waals surface area contributed by atoms with Crippen molar-refractivity contribution in [1.29, 1.82) is 0 Å². The monoisotopic (exact) mass is 265 g/mol. The van der Waals surface area contributed by atoms with Crippen LogP contribution < -0.4 is 5.73 Å². The summed E-state index contributed by atoms with van der Waals surface area (Å²) >= 11 is 0. The number of hydrogen-bond donors (Lipinski definition) is 1. The number of fused-ring (bicyclic) bond motifs is 1. The number of rotatable bonds is 4. The zero-order valence-corrected chi connectivity index (χ0v) is 11.7. The van der Waals surface area contributed by atoms with Gasteiger partial charge in [-0.3, -0.25) is 0 Å². The minimum atomic E-state index is -0.00939. The van der Waals surface area contributed by atoms with Gasteiger partial charge in [0.2, 0.25) is 0 Å². The second-order valence-corrected chi connectivity index (χ2v) is 5.14. The van der Waals surface area contributed by atoms with Gasteiger partial charge in [0.05, 0.1) is 6.26 Å². The molecule has 0 aliphatic heterocycles. The molecule has 0 fully saturated rings. The van der Waals surface area contributed by atoms with E-state index < -0.39 is 0 Å². The molecule has 0 saturated carbocycles. The quantitative estimate of drug-likeness (QED) is 0.766. The van der Waals surface area contributed by atoms with Crippen LogP contribution in [0.15, 0.2) is 59.2 Å². The summed E-state index contributed by atoms with van der Waals surface area (Å²) in [5.41, 5.74) is 8.72. The van der Waals surface area contributed by atoms with Gasteiger partial charge in [-0.25, -0.2) is 0 Å². The van der Waals surface area contributed by atoms with E-state index in [4.69, 9.17) is 10.2 Å². The molecule has 2 N–H and O–H groups in total. The third-order valence-corrected chi connectivity index (χ3v) is 3.77. The Morgan fingerprint density at radius 1 is 1.05 bits per heavy atom. The Morgan fingerprint density at radius 2 is 1.85 bits per heavy atom. The zero-order chi connectivity index (χ0) is 13.9. The van der Waals surface area contributed by atoms with Gasteiger partial charge in [-0.15, -0.1) is 0 Å². The number of hydrogen-bond acceptors (Lipinski definition) is 2. The highest BCUT2D eigenvalue weighted by atomic mass is 16.3. The summed E-state index contributed by atoms with van der Waals surface area (Å²) in [4.78, 5) is 0. The summed E-state index contributed by atoms with van der Waals surface area (Å²) in [6.07, 6.45) is 3.44. The highest BCUT2D eigenvalue weighted by Gasteiger charge is 2.13. The van der Waals surface area contributed by atoms with E-state index in [1.165, 1.54) is 16.3 Å². The molecule has 2 aromatic carbocycles. The van der Waals surface area contributed by atoms with Gasteiger partial charge in [0, 0.05) is 18.0 Å². The first-order valence-electron chi connectivity index (χ1n) is 7.07. The Kier molecular flexibility index (Phi) is 3.57. The van der Waals surface area contributed by atoms with E-state index >= 15 is 0 Å². The molecule has 102 valence electrons. The van der Waals surface area contributed by atoms with Gasteiger partial charge in [-0.1, -0.05) is 49.4 Å². The molecule has 2 heteroatoms. The molecule has 3 rings (SSSR count). The van der Waals surface area contributed by atoms with Crippen LogP contribution >= 0.6 is 0 Å². The second-order valence-electron chi connectivity index (χ2n) is 5.14. The van der Waals surface area contributed by atoms with E-state index in [1.807, 2.05) is 6.07 Å². The van der Waals surface area contributed by atoms with Crippen LogP contribution in [0, 0.1) is 0 Å². The molecule has 0 bridgehead atoms. The molecule has 3 aromatic rings. The van der Waals surface area contributed by atoms with Crippen LogP contribution in [0.25, 0.3) is 10.8 Å². The largest absolute Gasteiger partial charge is 0.469 e. The van der Waals surface area contributed by atoms with Gasteiger partial charge in [0.15, 0.2) is 0 Å². The maximum Gasteiger partial charge on any atom is 0.108 e. The Labute approximate surface area is 119 Å². The molecule has 2 nitrogen and oxygen atoms in total.